The highest BCUT2D eigenvalue weighted by Crippen LogP contribution is 2.05. The number of H-pyrrole nitrogens is 1. The molecule has 0 saturated heterocycles. The molecule has 0 spiro atoms. The molecule has 0 aliphatic rings. The van der Waals surface area contributed by atoms with Gasteiger partial charge in [-0.2, -0.15) is 11.8 Å². The van der Waals surface area contributed by atoms with Gasteiger partial charge < -0.3 is 37.5 Å². The molecule has 3 atom stereocenters. The standard InChI is InChI=1S/C18H29N7O6S/c1-32-5-4-12(17(30)22-8-15(27)28)24-18(31)13(6-10-7-21-9-23-10)25-16(29)11(19)2-3-14(20)26/h7,9,11-13H,2-6,8,19H2,1H3,(H2,20,26)(H,21,23)(H,22,30)(H,24,31)(H,25,29)(H,27,28). The highest BCUT2D eigenvalue weighted by molar-refractivity contribution is 7.98. The molecule has 1 aromatic heterocycles. The second kappa shape index (κ2) is 14.0. The van der Waals surface area contributed by atoms with Crippen LogP contribution in [0, 0.1) is 0 Å². The van der Waals surface area contributed by atoms with Crippen molar-refractivity contribution in [3.8, 4) is 0 Å². The van der Waals surface area contributed by atoms with E-state index in [1.165, 1.54) is 24.3 Å². The van der Waals surface area contributed by atoms with Crippen LogP contribution in [-0.2, 0) is 30.4 Å². The molecule has 0 saturated carbocycles. The highest BCUT2D eigenvalue weighted by atomic mass is 32.2. The number of imidazole rings is 1. The number of carboxylic acid groups (broad SMARTS) is 1. The molecule has 13 nitrogen and oxygen atoms in total. The van der Waals surface area contributed by atoms with Crippen molar-refractivity contribution in [2.45, 2.75) is 43.8 Å². The van der Waals surface area contributed by atoms with Gasteiger partial charge in [-0.25, -0.2) is 4.98 Å². The van der Waals surface area contributed by atoms with E-state index < -0.39 is 54.3 Å². The highest BCUT2D eigenvalue weighted by Gasteiger charge is 2.28. The first-order valence-corrected chi connectivity index (χ1v) is 11.1. The van der Waals surface area contributed by atoms with E-state index in [-0.39, 0.29) is 25.7 Å². The number of hydrogen-bond donors (Lipinski definition) is 7. The number of aromatic nitrogens is 2. The molecule has 3 unspecified atom stereocenters. The van der Waals surface area contributed by atoms with Gasteiger partial charge >= 0.3 is 5.97 Å². The third kappa shape index (κ3) is 10.3. The third-order valence-corrected chi connectivity index (χ3v) is 4.95. The van der Waals surface area contributed by atoms with Gasteiger partial charge in [0.1, 0.15) is 18.6 Å². The monoisotopic (exact) mass is 471 g/mol. The summed E-state index contributed by atoms with van der Waals surface area (Å²) in [4.78, 5) is 66.0. The quantitative estimate of drug-likeness (QED) is 0.143. The molecule has 0 radical (unpaired) electrons. The number of carboxylic acids is 1. The van der Waals surface area contributed by atoms with Crippen molar-refractivity contribution in [2.24, 2.45) is 11.5 Å². The Morgan fingerprint density at radius 2 is 1.81 bits per heavy atom. The van der Waals surface area contributed by atoms with Gasteiger partial charge in [0, 0.05) is 24.7 Å². The van der Waals surface area contributed by atoms with Crippen molar-refractivity contribution < 1.29 is 29.1 Å². The maximum absolute atomic E-state index is 12.9. The van der Waals surface area contributed by atoms with E-state index >= 15 is 0 Å². The maximum atomic E-state index is 12.9. The Labute approximate surface area is 188 Å². The van der Waals surface area contributed by atoms with Crippen LogP contribution in [0.25, 0.3) is 0 Å². The van der Waals surface area contributed by atoms with Crippen LogP contribution in [0.5, 0.6) is 0 Å². The first kappa shape index (κ1) is 26.9. The van der Waals surface area contributed by atoms with E-state index in [1.807, 2.05) is 6.26 Å². The molecule has 0 aliphatic heterocycles. The molecule has 0 aliphatic carbocycles. The summed E-state index contributed by atoms with van der Waals surface area (Å²) in [5.74, 6) is -3.28. The molecular weight excluding hydrogens is 442 g/mol. The van der Waals surface area contributed by atoms with Crippen LogP contribution in [0.15, 0.2) is 12.5 Å². The summed E-state index contributed by atoms with van der Waals surface area (Å²) in [7, 11) is 0. The lowest BCUT2D eigenvalue weighted by Crippen LogP contribution is -2.56. The Morgan fingerprint density at radius 1 is 1.12 bits per heavy atom. The van der Waals surface area contributed by atoms with Crippen molar-refractivity contribution in [1.82, 2.24) is 25.9 Å². The SMILES string of the molecule is CSCCC(NC(=O)C(Cc1cnc[nH]1)NC(=O)C(N)CCC(N)=O)C(=O)NCC(=O)O. The average molecular weight is 472 g/mol. The Balaban J connectivity index is 2.91. The zero-order valence-corrected chi connectivity index (χ0v) is 18.4. The van der Waals surface area contributed by atoms with E-state index in [4.69, 9.17) is 16.6 Å². The number of thioether (sulfide) groups is 1. The van der Waals surface area contributed by atoms with Crippen molar-refractivity contribution in [3.63, 3.8) is 0 Å². The van der Waals surface area contributed by atoms with Crippen LogP contribution in [0.2, 0.25) is 0 Å². The van der Waals surface area contributed by atoms with E-state index in [1.54, 1.807) is 0 Å². The number of carbonyl (C=O) groups excluding carboxylic acids is 4. The number of nitrogens with two attached hydrogens (primary N) is 2. The Kier molecular flexibility index (Phi) is 11.8. The van der Waals surface area contributed by atoms with Crippen molar-refractivity contribution in [2.75, 3.05) is 18.6 Å². The molecule has 0 fully saturated rings. The van der Waals surface area contributed by atoms with Crippen LogP contribution >= 0.6 is 11.8 Å². The summed E-state index contributed by atoms with van der Waals surface area (Å²) in [5.41, 5.74) is 11.4. The Bertz CT molecular complexity index is 789. The first-order chi connectivity index (χ1) is 15.1. The summed E-state index contributed by atoms with van der Waals surface area (Å²) in [6.45, 7) is -0.590. The van der Waals surface area contributed by atoms with E-state index in [0.29, 0.717) is 11.4 Å². The molecule has 1 rings (SSSR count). The number of hydrogen-bond acceptors (Lipinski definition) is 8. The number of carbonyl (C=O) groups is 5. The lowest BCUT2D eigenvalue weighted by Gasteiger charge is -2.23. The fourth-order valence-corrected chi connectivity index (χ4v) is 3.07. The minimum atomic E-state index is -1.22. The Morgan fingerprint density at radius 3 is 2.38 bits per heavy atom. The molecule has 178 valence electrons. The molecule has 32 heavy (non-hydrogen) atoms. The smallest absolute Gasteiger partial charge is 0.322 e. The van der Waals surface area contributed by atoms with Crippen molar-refractivity contribution in [1.29, 1.82) is 0 Å². The molecular formula is C18H29N7O6S. The third-order valence-electron chi connectivity index (χ3n) is 4.31. The van der Waals surface area contributed by atoms with Gasteiger partial charge in [0.25, 0.3) is 0 Å². The predicted octanol–water partition coefficient (Wildman–Crippen LogP) is -2.53. The van der Waals surface area contributed by atoms with E-state index in [2.05, 4.69) is 25.9 Å². The molecule has 9 N–H and O–H groups in total. The summed E-state index contributed by atoms with van der Waals surface area (Å²) in [5, 5.41) is 16.1. The van der Waals surface area contributed by atoms with Gasteiger partial charge in [-0.3, -0.25) is 24.0 Å². The van der Waals surface area contributed by atoms with Gasteiger partial charge in [0.05, 0.1) is 12.4 Å². The largest absolute Gasteiger partial charge is 0.480 e. The van der Waals surface area contributed by atoms with Crippen LogP contribution in [0.4, 0.5) is 0 Å². The van der Waals surface area contributed by atoms with Crippen LogP contribution in [0.3, 0.4) is 0 Å². The molecule has 1 aromatic rings. The van der Waals surface area contributed by atoms with E-state index in [9.17, 15) is 24.0 Å². The van der Waals surface area contributed by atoms with Gasteiger partial charge in [-0.05, 0) is 24.9 Å². The number of amides is 4. The fraction of sp³-hybridized carbons (Fsp3) is 0.556. The molecule has 1 heterocycles. The summed E-state index contributed by atoms with van der Waals surface area (Å²) in [6.07, 6.45) is 4.91. The van der Waals surface area contributed by atoms with Crippen molar-refractivity contribution in [3.05, 3.63) is 18.2 Å². The zero-order chi connectivity index (χ0) is 24.1. The Hall–Kier alpha value is -3.13. The summed E-state index contributed by atoms with van der Waals surface area (Å²) in [6, 6.07) is -3.17. The van der Waals surface area contributed by atoms with Crippen LogP contribution in [0.1, 0.15) is 25.0 Å². The maximum Gasteiger partial charge on any atom is 0.322 e. The molecule has 14 heteroatoms. The zero-order valence-electron chi connectivity index (χ0n) is 17.6. The second-order valence-corrected chi connectivity index (χ2v) is 7.89. The minimum Gasteiger partial charge on any atom is -0.480 e. The van der Waals surface area contributed by atoms with Gasteiger partial charge in [-0.15, -0.1) is 0 Å². The fourth-order valence-electron chi connectivity index (χ4n) is 2.60. The molecule has 0 bridgehead atoms. The molecule has 0 aromatic carbocycles. The van der Waals surface area contributed by atoms with Crippen LogP contribution in [-0.4, -0.2) is 81.4 Å². The average Bonchev–Trinajstić information content (AvgIpc) is 3.25. The topological polar surface area (TPSA) is 222 Å². The number of rotatable bonds is 15. The second-order valence-electron chi connectivity index (χ2n) is 6.91. The first-order valence-electron chi connectivity index (χ1n) is 9.74. The number of aliphatic carboxylic acids is 1. The summed E-state index contributed by atoms with van der Waals surface area (Å²) >= 11 is 1.45. The van der Waals surface area contributed by atoms with Crippen molar-refractivity contribution >= 4 is 41.4 Å². The van der Waals surface area contributed by atoms with E-state index in [0.717, 1.165) is 0 Å². The number of nitrogens with zero attached hydrogens (tertiary/aromatic N) is 1. The van der Waals surface area contributed by atoms with Gasteiger partial charge in [0.2, 0.25) is 23.6 Å². The van der Waals surface area contributed by atoms with Crippen LogP contribution < -0.4 is 27.4 Å². The minimum absolute atomic E-state index is 0.00745. The number of aromatic amines is 1. The lowest BCUT2D eigenvalue weighted by molar-refractivity contribution is -0.138. The summed E-state index contributed by atoms with van der Waals surface area (Å²) < 4.78 is 0. The molecule has 4 amide bonds. The predicted molar refractivity (Wildman–Crippen MR) is 116 cm³/mol. The number of nitrogens with one attached hydrogen (secondary N) is 4. The van der Waals surface area contributed by atoms with Gasteiger partial charge in [-0.1, -0.05) is 0 Å². The van der Waals surface area contributed by atoms with Gasteiger partial charge in [0.15, 0.2) is 0 Å². The number of primary amides is 1. The lowest BCUT2D eigenvalue weighted by atomic mass is 10.1. The normalized spacial score (nSPS) is 13.4.